The number of aryl methyl sites for hydroxylation is 1. The van der Waals surface area contributed by atoms with Crippen molar-refractivity contribution < 1.29 is 13.9 Å². The Kier molecular flexibility index (Phi) is 4.83. The van der Waals surface area contributed by atoms with E-state index < -0.39 is 12.5 Å². The number of rotatable bonds is 6. The summed E-state index contributed by atoms with van der Waals surface area (Å²) in [5, 5.41) is 11.9. The molecule has 1 rings (SSSR count). The van der Waals surface area contributed by atoms with E-state index in [1.54, 1.807) is 0 Å². The van der Waals surface area contributed by atoms with Crippen molar-refractivity contribution in [1.29, 1.82) is 0 Å². The van der Waals surface area contributed by atoms with Crippen LogP contribution in [0.3, 0.4) is 0 Å². The second-order valence-corrected chi connectivity index (χ2v) is 3.80. The van der Waals surface area contributed by atoms with Crippen molar-refractivity contribution in [3.8, 4) is 0 Å². The van der Waals surface area contributed by atoms with E-state index in [0.29, 0.717) is 11.0 Å². The van der Waals surface area contributed by atoms with Gasteiger partial charge in [-0.05, 0) is 6.42 Å². The van der Waals surface area contributed by atoms with Gasteiger partial charge in [0.1, 0.15) is 11.9 Å². The van der Waals surface area contributed by atoms with E-state index in [0.717, 1.165) is 24.4 Å². The van der Waals surface area contributed by atoms with E-state index in [1.165, 1.54) is 0 Å². The zero-order valence-corrected chi connectivity index (χ0v) is 9.10. The Morgan fingerprint density at radius 1 is 1.53 bits per heavy atom. The average Bonchev–Trinajstić information content (AvgIpc) is 2.62. The number of nitrogens with one attached hydrogen (secondary N) is 1. The molecule has 7 heteroatoms. The number of aromatic nitrogens is 2. The van der Waals surface area contributed by atoms with Gasteiger partial charge in [0.25, 0.3) is 6.43 Å². The highest BCUT2D eigenvalue weighted by atomic mass is 32.1. The van der Waals surface area contributed by atoms with E-state index >= 15 is 0 Å². The first-order chi connectivity index (χ1) is 7.13. The van der Waals surface area contributed by atoms with Crippen LogP contribution < -0.4 is 5.32 Å². The third kappa shape index (κ3) is 4.05. The highest BCUT2D eigenvalue weighted by Gasteiger charge is 2.16. The number of anilines is 1. The van der Waals surface area contributed by atoms with Crippen molar-refractivity contribution in [2.75, 3.05) is 11.9 Å². The molecule has 0 bridgehead atoms. The Balaban J connectivity index is 2.37. The summed E-state index contributed by atoms with van der Waals surface area (Å²) in [6.07, 6.45) is -2.69. The van der Waals surface area contributed by atoms with Crippen molar-refractivity contribution in [3.63, 3.8) is 0 Å². The van der Waals surface area contributed by atoms with Crippen molar-refractivity contribution in [3.05, 3.63) is 5.82 Å². The number of nitrogens with zero attached hydrogens (tertiary/aromatic N) is 2. The molecule has 0 saturated heterocycles. The monoisotopic (exact) mass is 237 g/mol. The van der Waals surface area contributed by atoms with Gasteiger partial charge in [-0.2, -0.15) is 4.37 Å². The summed E-state index contributed by atoms with van der Waals surface area (Å²) in [6, 6.07) is 0. The molecule has 0 spiro atoms. The van der Waals surface area contributed by atoms with Crippen molar-refractivity contribution in [2.24, 2.45) is 0 Å². The van der Waals surface area contributed by atoms with E-state index in [4.69, 9.17) is 5.11 Å². The fourth-order valence-electron chi connectivity index (χ4n) is 0.932. The van der Waals surface area contributed by atoms with Crippen LogP contribution in [0.1, 0.15) is 19.2 Å². The molecule has 0 amide bonds. The Labute approximate surface area is 90.5 Å². The van der Waals surface area contributed by atoms with Crippen LogP contribution in [0.15, 0.2) is 0 Å². The minimum Gasteiger partial charge on any atom is -0.385 e. The van der Waals surface area contributed by atoms with Crippen LogP contribution >= 0.6 is 11.5 Å². The van der Waals surface area contributed by atoms with Crippen LogP contribution in [0.5, 0.6) is 0 Å². The predicted octanol–water partition coefficient (Wildman–Crippen LogP) is 1.53. The molecule has 2 N–H and O–H groups in total. The van der Waals surface area contributed by atoms with Crippen LogP contribution in [0.2, 0.25) is 0 Å². The van der Waals surface area contributed by atoms with Crippen LogP contribution in [0, 0.1) is 0 Å². The standard InChI is InChI=1S/C8H13F2N3OS/c1-2-3-6-12-8(15-13-6)11-4-5(14)7(9)10/h5,7,14H,2-4H2,1H3,(H,11,12,13). The van der Waals surface area contributed by atoms with Gasteiger partial charge in [-0.15, -0.1) is 0 Å². The molecular weight excluding hydrogens is 224 g/mol. The molecule has 1 aromatic heterocycles. The number of hydrogen-bond acceptors (Lipinski definition) is 5. The third-order valence-corrected chi connectivity index (χ3v) is 2.41. The SMILES string of the molecule is CCCc1nsc(NCC(O)C(F)F)n1. The molecule has 86 valence electrons. The molecule has 1 aromatic rings. The first-order valence-corrected chi connectivity index (χ1v) is 5.43. The van der Waals surface area contributed by atoms with E-state index in [1.807, 2.05) is 6.92 Å². The van der Waals surface area contributed by atoms with Crippen LogP contribution in [0.4, 0.5) is 13.9 Å². The van der Waals surface area contributed by atoms with Gasteiger partial charge in [-0.25, -0.2) is 13.8 Å². The van der Waals surface area contributed by atoms with E-state index in [-0.39, 0.29) is 6.54 Å². The molecule has 0 fully saturated rings. The van der Waals surface area contributed by atoms with Crippen LogP contribution in [-0.2, 0) is 6.42 Å². The molecule has 0 aliphatic carbocycles. The molecule has 0 radical (unpaired) electrons. The zero-order valence-electron chi connectivity index (χ0n) is 8.28. The minimum absolute atomic E-state index is 0.210. The summed E-state index contributed by atoms with van der Waals surface area (Å²) in [5.74, 6) is 0.705. The van der Waals surface area contributed by atoms with Gasteiger partial charge in [0.05, 0.1) is 0 Å². The lowest BCUT2D eigenvalue weighted by Gasteiger charge is -2.08. The summed E-state index contributed by atoms with van der Waals surface area (Å²) in [5.41, 5.74) is 0. The van der Waals surface area contributed by atoms with Gasteiger partial charge in [-0.3, -0.25) is 0 Å². The maximum absolute atomic E-state index is 11.9. The summed E-state index contributed by atoms with van der Waals surface area (Å²) in [7, 11) is 0. The van der Waals surface area contributed by atoms with Gasteiger partial charge in [0.15, 0.2) is 0 Å². The molecule has 1 unspecified atom stereocenters. The highest BCUT2D eigenvalue weighted by Crippen LogP contribution is 2.12. The molecule has 1 heterocycles. The normalized spacial score (nSPS) is 13.1. The van der Waals surface area contributed by atoms with Gasteiger partial charge >= 0.3 is 0 Å². The number of aliphatic hydroxyl groups excluding tert-OH is 1. The molecule has 0 aliphatic rings. The summed E-state index contributed by atoms with van der Waals surface area (Å²) in [6.45, 7) is 1.80. The second kappa shape index (κ2) is 5.92. The van der Waals surface area contributed by atoms with E-state index in [9.17, 15) is 8.78 Å². The largest absolute Gasteiger partial charge is 0.385 e. The molecule has 0 aromatic carbocycles. The second-order valence-electron chi connectivity index (χ2n) is 3.05. The van der Waals surface area contributed by atoms with Gasteiger partial charge < -0.3 is 10.4 Å². The van der Waals surface area contributed by atoms with Gasteiger partial charge in [-0.1, -0.05) is 6.92 Å². The molecule has 15 heavy (non-hydrogen) atoms. The number of halogens is 2. The first-order valence-electron chi connectivity index (χ1n) is 4.66. The molecule has 0 saturated carbocycles. The molecule has 1 atom stereocenters. The maximum Gasteiger partial charge on any atom is 0.265 e. The molecule has 0 aliphatic heterocycles. The van der Waals surface area contributed by atoms with Crippen molar-refractivity contribution in [1.82, 2.24) is 9.36 Å². The fourth-order valence-corrected chi connectivity index (χ4v) is 1.55. The molecule has 4 nitrogen and oxygen atoms in total. The summed E-state index contributed by atoms with van der Waals surface area (Å²) in [4.78, 5) is 4.07. The summed E-state index contributed by atoms with van der Waals surface area (Å²) < 4.78 is 27.9. The third-order valence-electron chi connectivity index (χ3n) is 1.69. The lowest BCUT2D eigenvalue weighted by molar-refractivity contribution is 0.00384. The van der Waals surface area contributed by atoms with Crippen LogP contribution in [0.25, 0.3) is 0 Å². The topological polar surface area (TPSA) is 58.0 Å². The van der Waals surface area contributed by atoms with Crippen molar-refractivity contribution >= 4 is 16.7 Å². The molecular formula is C8H13F2N3OS. The zero-order chi connectivity index (χ0) is 11.3. The average molecular weight is 237 g/mol. The van der Waals surface area contributed by atoms with Crippen LogP contribution in [-0.4, -0.2) is 33.5 Å². The Morgan fingerprint density at radius 3 is 2.87 bits per heavy atom. The lowest BCUT2D eigenvalue weighted by Crippen LogP contribution is -2.26. The quantitative estimate of drug-likeness (QED) is 0.787. The van der Waals surface area contributed by atoms with Gasteiger partial charge in [0, 0.05) is 24.5 Å². The Hall–Kier alpha value is -0.820. The maximum atomic E-state index is 11.9. The Bertz CT molecular complexity index is 295. The number of hydrogen-bond donors (Lipinski definition) is 2. The van der Waals surface area contributed by atoms with E-state index in [2.05, 4.69) is 14.7 Å². The summed E-state index contributed by atoms with van der Waals surface area (Å²) >= 11 is 1.11. The Morgan fingerprint density at radius 2 is 2.27 bits per heavy atom. The fraction of sp³-hybridized carbons (Fsp3) is 0.750. The predicted molar refractivity (Wildman–Crippen MR) is 54.4 cm³/mol. The lowest BCUT2D eigenvalue weighted by atomic mass is 10.3. The minimum atomic E-state index is -2.74. The highest BCUT2D eigenvalue weighted by molar-refractivity contribution is 7.09. The number of aliphatic hydroxyl groups is 1. The first kappa shape index (κ1) is 12.3. The number of alkyl halides is 2. The van der Waals surface area contributed by atoms with Gasteiger partial charge in [0.2, 0.25) is 5.13 Å². The van der Waals surface area contributed by atoms with Crippen molar-refractivity contribution in [2.45, 2.75) is 32.3 Å². The smallest absolute Gasteiger partial charge is 0.265 e.